The molecule has 5 rings (SSSR count). The number of hydrogen-bond acceptors (Lipinski definition) is 4. The second-order valence-electron chi connectivity index (χ2n) is 9.34. The second kappa shape index (κ2) is 10.8. The van der Waals surface area contributed by atoms with E-state index in [1.807, 2.05) is 104 Å². The van der Waals surface area contributed by atoms with Crippen LogP contribution >= 0.6 is 0 Å². The number of carbonyl (C=O) groups excluding carboxylic acids is 2. The van der Waals surface area contributed by atoms with Crippen molar-refractivity contribution in [1.29, 1.82) is 0 Å². The van der Waals surface area contributed by atoms with E-state index in [4.69, 9.17) is 9.47 Å². The number of rotatable bonds is 7. The predicted octanol–water partition coefficient (Wildman–Crippen LogP) is 5.85. The van der Waals surface area contributed by atoms with Gasteiger partial charge >= 0.3 is 0 Å². The van der Waals surface area contributed by atoms with E-state index in [1.54, 1.807) is 30.1 Å². The number of fused-ring (bicyclic) bond motifs is 1. The molecule has 0 N–H and O–H groups in total. The molecule has 0 bridgehead atoms. The highest BCUT2D eigenvalue weighted by atomic mass is 16.5. The molecule has 2 atom stereocenters. The summed E-state index contributed by atoms with van der Waals surface area (Å²) in [6.07, 6.45) is 0. The lowest BCUT2D eigenvalue weighted by Crippen LogP contribution is -2.47. The molecule has 0 fully saturated rings. The molecule has 4 aromatic rings. The summed E-state index contributed by atoms with van der Waals surface area (Å²) in [7, 11) is 5.04. The quantitative estimate of drug-likeness (QED) is 0.316. The number of likely N-dealkylation sites (N-methyl/N-ethyl adjacent to an activating group) is 1. The number of methoxy groups -OCH3 is 2. The van der Waals surface area contributed by atoms with E-state index >= 15 is 0 Å². The number of nitrogens with zero attached hydrogens (tertiary/aromatic N) is 2. The van der Waals surface area contributed by atoms with Crippen LogP contribution in [0, 0.1) is 0 Å². The van der Waals surface area contributed by atoms with Gasteiger partial charge in [-0.1, -0.05) is 60.7 Å². The average Bonchev–Trinajstić information content (AvgIpc) is 2.97. The van der Waals surface area contributed by atoms with Crippen molar-refractivity contribution in [3.63, 3.8) is 0 Å². The summed E-state index contributed by atoms with van der Waals surface area (Å²) in [6, 6.07) is 31.7. The van der Waals surface area contributed by atoms with E-state index in [0.29, 0.717) is 29.3 Å². The number of carbonyl (C=O) groups is 2. The Hall–Kier alpha value is -4.58. The lowest BCUT2D eigenvalue weighted by Gasteiger charge is -2.43. The smallest absolute Gasteiger partial charge is 0.259 e. The number of ether oxygens (including phenoxy) is 2. The Morgan fingerprint density at radius 1 is 0.789 bits per heavy atom. The van der Waals surface area contributed by atoms with Crippen molar-refractivity contribution >= 4 is 17.5 Å². The first-order valence-electron chi connectivity index (χ1n) is 12.5. The third kappa shape index (κ3) is 4.73. The van der Waals surface area contributed by atoms with Crippen LogP contribution in [0.3, 0.4) is 0 Å². The number of hydrogen-bond donors (Lipinski definition) is 0. The first kappa shape index (κ1) is 25.1. The Bertz CT molecular complexity index is 1420. The topological polar surface area (TPSA) is 59.1 Å². The molecule has 1 aliphatic heterocycles. The summed E-state index contributed by atoms with van der Waals surface area (Å²) in [5.41, 5.74) is 3.83. The third-order valence-corrected chi connectivity index (χ3v) is 7.05. The zero-order chi connectivity index (χ0) is 26.6. The Kier molecular flexibility index (Phi) is 7.13. The van der Waals surface area contributed by atoms with Gasteiger partial charge in [0.2, 0.25) is 5.91 Å². The van der Waals surface area contributed by atoms with Gasteiger partial charge in [-0.25, -0.2) is 0 Å². The van der Waals surface area contributed by atoms with Gasteiger partial charge in [0, 0.05) is 24.8 Å². The molecule has 1 aliphatic rings. The molecule has 2 unspecified atom stereocenters. The van der Waals surface area contributed by atoms with Crippen LogP contribution < -0.4 is 14.4 Å². The maximum atomic E-state index is 14.3. The third-order valence-electron chi connectivity index (χ3n) is 7.05. The van der Waals surface area contributed by atoms with Gasteiger partial charge in [-0.2, -0.15) is 0 Å². The van der Waals surface area contributed by atoms with Crippen LogP contribution in [0.2, 0.25) is 0 Å². The van der Waals surface area contributed by atoms with Gasteiger partial charge in [0.05, 0.1) is 26.2 Å². The molecule has 0 saturated heterocycles. The minimum atomic E-state index is -0.617. The molecule has 0 spiro atoms. The fourth-order valence-electron chi connectivity index (χ4n) is 5.14. The summed E-state index contributed by atoms with van der Waals surface area (Å²) >= 11 is 0. The van der Waals surface area contributed by atoms with Gasteiger partial charge < -0.3 is 14.4 Å². The highest BCUT2D eigenvalue weighted by Crippen LogP contribution is 2.46. The molecular weight excluding hydrogens is 476 g/mol. The van der Waals surface area contributed by atoms with Crippen molar-refractivity contribution in [1.82, 2.24) is 4.90 Å². The molecule has 0 aromatic heterocycles. The molecule has 0 aliphatic carbocycles. The summed E-state index contributed by atoms with van der Waals surface area (Å²) in [4.78, 5) is 31.8. The highest BCUT2D eigenvalue weighted by molar-refractivity contribution is 6.11. The summed E-state index contributed by atoms with van der Waals surface area (Å²) in [5, 5.41) is 0. The van der Waals surface area contributed by atoms with E-state index in [-0.39, 0.29) is 11.8 Å². The Labute approximate surface area is 223 Å². The molecule has 1 heterocycles. The van der Waals surface area contributed by atoms with Crippen molar-refractivity contribution in [3.05, 3.63) is 125 Å². The maximum Gasteiger partial charge on any atom is 0.259 e. The minimum Gasteiger partial charge on any atom is -0.497 e. The normalized spacial score (nSPS) is 16.5. The fraction of sp³-hybridized carbons (Fsp3) is 0.188. The molecular formula is C32H30N2O4. The molecule has 2 amide bonds. The van der Waals surface area contributed by atoms with Crippen LogP contribution in [0.15, 0.2) is 103 Å². The lowest BCUT2D eigenvalue weighted by molar-refractivity contribution is -0.132. The summed E-state index contributed by atoms with van der Waals surface area (Å²) in [6.45, 7) is 0.462. The highest BCUT2D eigenvalue weighted by Gasteiger charge is 2.45. The number of anilines is 1. The largest absolute Gasteiger partial charge is 0.497 e. The standard InChI is InChI=1S/C32H30N2O4/c1-33(21-22-9-5-4-6-10-22)32(36)29-27-11-7-8-12-28(27)31(35)34(24-15-19-26(38-3)20-16-24)30(29)23-13-17-25(37-2)18-14-23/h4-20,29-30H,21H2,1-3H3. The maximum absolute atomic E-state index is 14.3. The molecule has 192 valence electrons. The number of benzene rings is 4. The molecule has 0 radical (unpaired) electrons. The molecule has 6 nitrogen and oxygen atoms in total. The Morgan fingerprint density at radius 3 is 2.00 bits per heavy atom. The Balaban J connectivity index is 1.66. The summed E-state index contributed by atoms with van der Waals surface area (Å²) < 4.78 is 10.7. The number of amides is 2. The predicted molar refractivity (Wildman–Crippen MR) is 148 cm³/mol. The first-order chi connectivity index (χ1) is 18.5. The van der Waals surface area contributed by atoms with Gasteiger partial charge in [0.15, 0.2) is 0 Å². The van der Waals surface area contributed by atoms with Crippen LogP contribution in [0.1, 0.15) is 39.0 Å². The Morgan fingerprint density at radius 2 is 1.37 bits per heavy atom. The van der Waals surface area contributed by atoms with Crippen LogP contribution in [0.5, 0.6) is 11.5 Å². The average molecular weight is 507 g/mol. The van der Waals surface area contributed by atoms with E-state index in [0.717, 1.165) is 16.7 Å². The summed E-state index contributed by atoms with van der Waals surface area (Å²) in [5.74, 6) is 0.564. The van der Waals surface area contributed by atoms with E-state index in [2.05, 4.69) is 0 Å². The monoisotopic (exact) mass is 506 g/mol. The van der Waals surface area contributed by atoms with Crippen LogP contribution in [-0.2, 0) is 11.3 Å². The second-order valence-corrected chi connectivity index (χ2v) is 9.34. The SMILES string of the molecule is COc1ccc(C2C(C(=O)N(C)Cc3ccccc3)c3ccccc3C(=O)N2c2ccc(OC)cc2)cc1. The van der Waals surface area contributed by atoms with Crippen molar-refractivity contribution in [3.8, 4) is 11.5 Å². The molecule has 6 heteroatoms. The zero-order valence-corrected chi connectivity index (χ0v) is 21.7. The molecule has 0 saturated carbocycles. The van der Waals surface area contributed by atoms with Crippen molar-refractivity contribution < 1.29 is 19.1 Å². The molecule has 38 heavy (non-hydrogen) atoms. The van der Waals surface area contributed by atoms with Crippen LogP contribution in [0.4, 0.5) is 5.69 Å². The minimum absolute atomic E-state index is 0.0619. The van der Waals surface area contributed by atoms with Crippen molar-refractivity contribution in [2.24, 2.45) is 0 Å². The fourth-order valence-corrected chi connectivity index (χ4v) is 5.14. The zero-order valence-electron chi connectivity index (χ0n) is 21.7. The van der Waals surface area contributed by atoms with Crippen LogP contribution in [0.25, 0.3) is 0 Å². The van der Waals surface area contributed by atoms with Gasteiger partial charge in [-0.15, -0.1) is 0 Å². The van der Waals surface area contributed by atoms with E-state index in [9.17, 15) is 9.59 Å². The molecule has 4 aromatic carbocycles. The van der Waals surface area contributed by atoms with E-state index in [1.165, 1.54) is 0 Å². The van der Waals surface area contributed by atoms with Crippen molar-refractivity contribution in [2.75, 3.05) is 26.2 Å². The van der Waals surface area contributed by atoms with Crippen molar-refractivity contribution in [2.45, 2.75) is 18.5 Å². The van der Waals surface area contributed by atoms with Gasteiger partial charge in [-0.3, -0.25) is 14.5 Å². The van der Waals surface area contributed by atoms with Gasteiger partial charge in [0.25, 0.3) is 5.91 Å². The van der Waals surface area contributed by atoms with Gasteiger partial charge in [0.1, 0.15) is 11.5 Å². The van der Waals surface area contributed by atoms with Crippen LogP contribution in [-0.4, -0.2) is 38.0 Å². The van der Waals surface area contributed by atoms with Gasteiger partial charge in [-0.05, 0) is 59.2 Å². The van der Waals surface area contributed by atoms with E-state index < -0.39 is 12.0 Å². The lowest BCUT2D eigenvalue weighted by atomic mass is 9.78. The first-order valence-corrected chi connectivity index (χ1v) is 12.5.